The van der Waals surface area contributed by atoms with Crippen molar-refractivity contribution in [2.45, 2.75) is 3.12 Å². The highest BCUT2D eigenvalue weighted by Gasteiger charge is 2.17. The largest absolute Gasteiger partial charge is 0.334 e. The summed E-state index contributed by atoms with van der Waals surface area (Å²) >= 11 is 15.2. The average Bonchev–Trinajstić information content (AvgIpc) is 2.03. The number of carbonyl (C=O) groups is 2. The first-order chi connectivity index (χ1) is 6.68. The van der Waals surface area contributed by atoms with Crippen LogP contribution in [-0.2, 0) is 18.0 Å². The number of halogens is 5. The van der Waals surface area contributed by atoms with Gasteiger partial charge in [0, 0.05) is 21.7 Å². The molecular formula is C4H5Cl5O4S2. The van der Waals surface area contributed by atoms with E-state index in [9.17, 15) is 9.59 Å². The lowest BCUT2D eigenvalue weighted by molar-refractivity contribution is -0.122. The van der Waals surface area contributed by atoms with Crippen LogP contribution in [0.2, 0.25) is 0 Å². The SMILES string of the molecule is CS(Cl)(OC=O)OC=O.ClSC(Cl)(Cl)Cl. The standard InChI is InChI=1S/C3H5ClO4S.CCl4S/c1-9(4,7-2-5)8-3-6;2-1(3,4)6-5/h2-3H,1H3;. The monoisotopic (exact) mass is 356 g/mol. The summed E-state index contributed by atoms with van der Waals surface area (Å²) in [6.07, 6.45) is 1.30. The van der Waals surface area contributed by atoms with Crippen molar-refractivity contribution in [1.82, 2.24) is 0 Å². The fourth-order valence-corrected chi connectivity index (χ4v) is 0.667. The van der Waals surface area contributed by atoms with Crippen molar-refractivity contribution in [2.24, 2.45) is 0 Å². The Bertz CT molecular complexity index is 184. The zero-order valence-corrected chi connectivity index (χ0v) is 12.4. The minimum absolute atomic E-state index is 0.131. The molecule has 0 N–H and O–H groups in total. The first-order valence-electron chi connectivity index (χ1n) is 2.76. The van der Waals surface area contributed by atoms with Gasteiger partial charge in [0.1, 0.15) is 0 Å². The molecule has 0 radical (unpaired) electrons. The highest BCUT2D eigenvalue weighted by Crippen LogP contribution is 2.50. The second-order valence-electron chi connectivity index (χ2n) is 1.59. The summed E-state index contributed by atoms with van der Waals surface area (Å²) in [5, 5.41) is 0. The molecule has 0 saturated heterocycles. The van der Waals surface area contributed by atoms with Gasteiger partial charge in [0.2, 0.25) is 0 Å². The number of rotatable bonds is 4. The predicted molar refractivity (Wildman–Crippen MR) is 67.4 cm³/mol. The molecule has 0 aromatic rings. The van der Waals surface area contributed by atoms with E-state index in [1.807, 2.05) is 0 Å². The van der Waals surface area contributed by atoms with Crippen molar-refractivity contribution in [1.29, 1.82) is 0 Å². The average molecular weight is 358 g/mol. The van der Waals surface area contributed by atoms with Crippen molar-refractivity contribution >= 4 is 89.9 Å². The Morgan fingerprint density at radius 2 is 1.47 bits per heavy atom. The van der Waals surface area contributed by atoms with Crippen molar-refractivity contribution < 1.29 is 18.0 Å². The molecule has 15 heavy (non-hydrogen) atoms. The van der Waals surface area contributed by atoms with Gasteiger partial charge in [-0.15, -0.1) is 0 Å². The maximum absolute atomic E-state index is 9.61. The minimum Gasteiger partial charge on any atom is -0.334 e. The van der Waals surface area contributed by atoms with E-state index in [-0.39, 0.29) is 12.9 Å². The Balaban J connectivity index is 0. The van der Waals surface area contributed by atoms with E-state index in [1.165, 1.54) is 6.26 Å². The van der Waals surface area contributed by atoms with E-state index >= 15 is 0 Å². The Morgan fingerprint density at radius 1 is 1.20 bits per heavy atom. The van der Waals surface area contributed by atoms with E-state index in [0.29, 0.717) is 11.0 Å². The molecule has 0 heterocycles. The maximum Gasteiger partial charge on any atom is 0.319 e. The first kappa shape index (κ1) is 18.5. The zero-order valence-electron chi connectivity index (χ0n) is 6.99. The van der Waals surface area contributed by atoms with Crippen LogP contribution < -0.4 is 0 Å². The molecule has 0 aliphatic carbocycles. The molecular weight excluding hydrogens is 353 g/mol. The van der Waals surface area contributed by atoms with E-state index in [0.717, 1.165) is 0 Å². The van der Waals surface area contributed by atoms with Gasteiger partial charge in [0.15, 0.2) is 0 Å². The topological polar surface area (TPSA) is 52.6 Å². The smallest absolute Gasteiger partial charge is 0.319 e. The Labute approximate surface area is 117 Å². The zero-order chi connectivity index (χ0) is 12.5. The van der Waals surface area contributed by atoms with Crippen LogP contribution in [0, 0.1) is 0 Å². The molecule has 0 atom stereocenters. The van der Waals surface area contributed by atoms with E-state index in [4.69, 9.17) is 56.2 Å². The molecule has 0 rings (SSSR count). The molecule has 0 aromatic heterocycles. The fourth-order valence-electron chi connectivity index (χ4n) is 0.163. The van der Waals surface area contributed by atoms with Crippen LogP contribution >= 0.6 is 76.9 Å². The van der Waals surface area contributed by atoms with Gasteiger partial charge in [-0.05, 0) is 20.5 Å². The molecule has 92 valence electrons. The maximum atomic E-state index is 9.61. The van der Waals surface area contributed by atoms with Crippen LogP contribution in [0.4, 0.5) is 0 Å². The number of hydrogen-bond acceptors (Lipinski definition) is 5. The Hall–Kier alpha value is 1.09. The second-order valence-corrected chi connectivity index (χ2v) is 9.20. The van der Waals surface area contributed by atoms with Crippen LogP contribution in [0.5, 0.6) is 0 Å². The van der Waals surface area contributed by atoms with Gasteiger partial charge in [0.25, 0.3) is 3.12 Å². The lowest BCUT2D eigenvalue weighted by atomic mass is 11.7. The van der Waals surface area contributed by atoms with Crippen molar-refractivity contribution in [3.8, 4) is 0 Å². The fraction of sp³-hybridized carbons (Fsp3) is 0.500. The molecule has 0 fully saturated rings. The van der Waals surface area contributed by atoms with Gasteiger partial charge >= 0.3 is 12.9 Å². The predicted octanol–water partition coefficient (Wildman–Crippen LogP) is 3.95. The Morgan fingerprint density at radius 3 is 1.60 bits per heavy atom. The third-order valence-corrected chi connectivity index (χ3v) is 4.07. The third kappa shape index (κ3) is 17.7. The minimum atomic E-state index is -2.45. The number of carbonyl (C=O) groups excluding carboxylic acids is 2. The molecule has 0 aromatic carbocycles. The van der Waals surface area contributed by atoms with E-state index in [2.05, 4.69) is 8.37 Å². The number of hydrogen-bond donors (Lipinski definition) is 0. The van der Waals surface area contributed by atoms with Gasteiger partial charge in [-0.2, -0.15) is 0 Å². The van der Waals surface area contributed by atoms with Crippen molar-refractivity contribution in [3.05, 3.63) is 0 Å². The van der Waals surface area contributed by atoms with Crippen LogP contribution in [-0.4, -0.2) is 22.3 Å². The molecule has 0 bridgehead atoms. The third-order valence-electron chi connectivity index (χ3n) is 0.510. The van der Waals surface area contributed by atoms with Gasteiger partial charge < -0.3 is 8.37 Å². The lowest BCUT2D eigenvalue weighted by Gasteiger charge is -2.25. The highest BCUT2D eigenvalue weighted by molar-refractivity contribution is 8.44. The lowest BCUT2D eigenvalue weighted by Crippen LogP contribution is -1.97. The summed E-state index contributed by atoms with van der Waals surface area (Å²) in [5.41, 5.74) is 0. The summed E-state index contributed by atoms with van der Waals surface area (Å²) in [6.45, 7) is 0.262. The highest BCUT2D eigenvalue weighted by atomic mass is 35.7. The van der Waals surface area contributed by atoms with Crippen LogP contribution in [0.15, 0.2) is 0 Å². The van der Waals surface area contributed by atoms with Crippen LogP contribution in [0.3, 0.4) is 0 Å². The Kier molecular flexibility index (Phi) is 11.3. The summed E-state index contributed by atoms with van der Waals surface area (Å²) < 4.78 is 7.01. The number of alkyl halides is 3. The molecule has 0 aliphatic rings. The summed E-state index contributed by atoms with van der Waals surface area (Å²) in [5.74, 6) is 0. The molecule has 0 amide bonds. The second kappa shape index (κ2) is 9.15. The van der Waals surface area contributed by atoms with Crippen LogP contribution in [0.25, 0.3) is 0 Å². The summed E-state index contributed by atoms with van der Waals surface area (Å²) in [6, 6.07) is 0. The molecule has 0 saturated carbocycles. The van der Waals surface area contributed by atoms with Gasteiger partial charge in [0.05, 0.1) is 6.26 Å². The van der Waals surface area contributed by atoms with Crippen molar-refractivity contribution in [3.63, 3.8) is 0 Å². The summed E-state index contributed by atoms with van der Waals surface area (Å²) in [4.78, 5) is 19.2. The normalized spacial score (nSPS) is 11.9. The van der Waals surface area contributed by atoms with Gasteiger partial charge in [-0.25, -0.2) is 0 Å². The molecule has 0 spiro atoms. The molecule has 0 unspecified atom stereocenters. The molecule has 11 heteroatoms. The van der Waals surface area contributed by atoms with Gasteiger partial charge in [-0.3, -0.25) is 9.59 Å². The van der Waals surface area contributed by atoms with E-state index in [1.54, 1.807) is 0 Å². The first-order valence-corrected chi connectivity index (χ1v) is 8.26. The van der Waals surface area contributed by atoms with Crippen LogP contribution in [0.1, 0.15) is 0 Å². The van der Waals surface area contributed by atoms with Gasteiger partial charge in [-0.1, -0.05) is 34.8 Å². The summed E-state index contributed by atoms with van der Waals surface area (Å²) in [7, 11) is 8.52. The molecule has 0 aliphatic heterocycles. The quantitative estimate of drug-likeness (QED) is 0.562. The van der Waals surface area contributed by atoms with E-state index < -0.39 is 12.9 Å². The molecule has 4 nitrogen and oxygen atoms in total. The van der Waals surface area contributed by atoms with Crippen molar-refractivity contribution in [2.75, 3.05) is 6.26 Å².